The molecule has 9 nitrogen and oxygen atoms in total. The number of benzene rings is 2. The van der Waals surface area contributed by atoms with Gasteiger partial charge in [-0.3, -0.25) is 19.6 Å². The van der Waals surface area contributed by atoms with E-state index in [0.29, 0.717) is 33.7 Å². The molecule has 1 atom stereocenters. The molecule has 188 valence electrons. The maximum absolute atomic E-state index is 14.4. The first kappa shape index (κ1) is 24.4. The van der Waals surface area contributed by atoms with Crippen LogP contribution in [0.5, 0.6) is 0 Å². The number of anilines is 1. The number of nitrogens with one attached hydrogen (secondary N) is 3. The Balaban J connectivity index is 1.92. The number of carbonyl (C=O) groups is 1. The third-order valence-electron chi connectivity index (χ3n) is 6.85. The molecule has 3 N–H and O–H groups in total. The quantitative estimate of drug-likeness (QED) is 0.258. The van der Waals surface area contributed by atoms with Crippen LogP contribution in [0.3, 0.4) is 0 Å². The monoisotopic (exact) mass is 514 g/mol. The Labute approximate surface area is 216 Å². The van der Waals surface area contributed by atoms with Crippen molar-refractivity contribution in [2.24, 2.45) is 5.10 Å². The van der Waals surface area contributed by atoms with Crippen molar-refractivity contribution in [3.8, 4) is 0 Å². The second-order valence-electron chi connectivity index (χ2n) is 9.09. The van der Waals surface area contributed by atoms with Crippen LogP contribution in [0.25, 0.3) is 10.2 Å². The van der Waals surface area contributed by atoms with Crippen LogP contribution in [0, 0.1) is 12.3 Å². The highest BCUT2D eigenvalue weighted by molar-refractivity contribution is 7.22. The van der Waals surface area contributed by atoms with Gasteiger partial charge in [0.2, 0.25) is 5.91 Å². The molecule has 0 spiro atoms. The van der Waals surface area contributed by atoms with Crippen molar-refractivity contribution in [3.05, 3.63) is 98.2 Å². The highest BCUT2D eigenvalue weighted by atomic mass is 32.1. The molecule has 37 heavy (non-hydrogen) atoms. The average Bonchev–Trinajstić information content (AvgIpc) is 3.41. The Morgan fingerprint density at radius 3 is 2.24 bits per heavy atom. The lowest BCUT2D eigenvalue weighted by atomic mass is 9.97. The van der Waals surface area contributed by atoms with Crippen LogP contribution in [-0.2, 0) is 10.3 Å². The average molecular weight is 515 g/mol. The largest absolute Gasteiger partial charge is 0.354 e. The smallest absolute Gasteiger partial charge is 0.333 e. The van der Waals surface area contributed by atoms with Crippen LogP contribution in [0.1, 0.15) is 36.1 Å². The minimum Gasteiger partial charge on any atom is -0.354 e. The summed E-state index contributed by atoms with van der Waals surface area (Å²) in [7, 11) is 0. The fourth-order valence-corrected chi connectivity index (χ4v) is 6.08. The van der Waals surface area contributed by atoms with E-state index >= 15 is 0 Å². The number of hydrogen-bond donors (Lipinski definition) is 3. The number of fused-ring (bicyclic) bond motifs is 1. The van der Waals surface area contributed by atoms with Gasteiger partial charge in [-0.1, -0.05) is 72.0 Å². The maximum atomic E-state index is 14.4. The van der Waals surface area contributed by atoms with E-state index in [1.165, 1.54) is 17.6 Å². The molecule has 1 fully saturated rings. The third-order valence-corrected chi connectivity index (χ3v) is 8.04. The van der Waals surface area contributed by atoms with Gasteiger partial charge in [0.1, 0.15) is 15.4 Å². The van der Waals surface area contributed by atoms with E-state index in [1.807, 2.05) is 60.7 Å². The number of amides is 1. The summed E-state index contributed by atoms with van der Waals surface area (Å²) < 4.78 is 2.75. The predicted octanol–water partition coefficient (Wildman–Crippen LogP) is 3.45. The summed E-state index contributed by atoms with van der Waals surface area (Å²) in [6.45, 7) is 3.82. The van der Waals surface area contributed by atoms with E-state index in [9.17, 15) is 14.4 Å². The summed E-state index contributed by atoms with van der Waals surface area (Å²) in [5.74, 6) is -0.351. The fraction of sp³-hybridized carbons (Fsp3) is 0.222. The van der Waals surface area contributed by atoms with Crippen LogP contribution >= 0.6 is 11.3 Å². The molecule has 2 aromatic carbocycles. The lowest BCUT2D eigenvalue weighted by Crippen LogP contribution is -2.54. The van der Waals surface area contributed by atoms with Gasteiger partial charge in [-0.15, -0.1) is 0 Å². The number of nitrogens with zero attached hydrogens (tertiary/aromatic N) is 3. The van der Waals surface area contributed by atoms with Crippen LogP contribution in [-0.4, -0.2) is 34.0 Å². The van der Waals surface area contributed by atoms with Gasteiger partial charge in [-0.25, -0.2) is 9.36 Å². The molecule has 3 heterocycles. The highest BCUT2D eigenvalue weighted by Gasteiger charge is 2.43. The number of hydrazone groups is 1. The molecule has 0 unspecified atom stereocenters. The van der Waals surface area contributed by atoms with Crippen molar-refractivity contribution < 1.29 is 4.79 Å². The zero-order chi connectivity index (χ0) is 26.2. The molecule has 10 heteroatoms. The number of rotatable bonds is 7. The molecule has 1 aliphatic heterocycles. The summed E-state index contributed by atoms with van der Waals surface area (Å²) in [5, 5.41) is 14.9. The SMILES string of the molecule is Cc1c(N/N=C\C=N)sc2c1c(=O)n([C@@]1(C)CCNC1=O)c(=O)n2C(c1ccccc1)c1ccccc1. The first-order valence-electron chi connectivity index (χ1n) is 11.9. The summed E-state index contributed by atoms with van der Waals surface area (Å²) in [6, 6.07) is 18.7. The second kappa shape index (κ2) is 9.62. The molecule has 0 bridgehead atoms. The van der Waals surface area contributed by atoms with E-state index in [4.69, 9.17) is 5.41 Å². The summed E-state index contributed by atoms with van der Waals surface area (Å²) >= 11 is 1.25. The summed E-state index contributed by atoms with van der Waals surface area (Å²) in [4.78, 5) is 41.8. The molecule has 0 saturated carbocycles. The Hall–Kier alpha value is -4.31. The van der Waals surface area contributed by atoms with Crippen molar-refractivity contribution >= 4 is 44.9 Å². The molecular formula is C27H26N6O3S. The molecule has 0 radical (unpaired) electrons. The first-order valence-corrected chi connectivity index (χ1v) is 12.7. The Kier molecular flexibility index (Phi) is 6.34. The van der Waals surface area contributed by atoms with Crippen LogP contribution in [0.15, 0.2) is 75.4 Å². The number of aryl methyl sites for hydroxylation is 1. The van der Waals surface area contributed by atoms with Gasteiger partial charge in [0.15, 0.2) is 0 Å². The van der Waals surface area contributed by atoms with E-state index < -0.39 is 22.8 Å². The molecule has 1 aliphatic rings. The molecule has 5 rings (SSSR count). The zero-order valence-corrected chi connectivity index (χ0v) is 21.2. The minimum absolute atomic E-state index is 0.325. The standard InChI is InChI=1S/C27H26N6O3S/c1-17-20-23(34)33(27(2)13-15-29-25(27)35)26(36)32(24(20)37-22(17)31-30-16-14-28)21(18-9-5-3-6-10-18)19-11-7-4-8-12-19/h3-12,14,16,21,28,31H,13,15H2,1-2H3,(H,29,35)/b28-14?,30-16-/t27-/m0/s1. The number of aromatic nitrogens is 2. The van der Waals surface area contributed by atoms with E-state index in [1.54, 1.807) is 18.4 Å². The van der Waals surface area contributed by atoms with Gasteiger partial charge in [-0.2, -0.15) is 5.10 Å². The topological polar surface area (TPSA) is 121 Å². The van der Waals surface area contributed by atoms with Gasteiger partial charge in [0.05, 0.1) is 17.6 Å². The van der Waals surface area contributed by atoms with Gasteiger partial charge in [0, 0.05) is 18.3 Å². The number of hydrogen-bond acceptors (Lipinski definition) is 7. The van der Waals surface area contributed by atoms with Crippen molar-refractivity contribution in [2.45, 2.75) is 31.8 Å². The van der Waals surface area contributed by atoms with E-state index in [2.05, 4.69) is 15.8 Å². The van der Waals surface area contributed by atoms with Gasteiger partial charge in [-0.05, 0) is 31.4 Å². The maximum Gasteiger partial charge on any atom is 0.333 e. The van der Waals surface area contributed by atoms with Crippen molar-refractivity contribution in [1.82, 2.24) is 14.5 Å². The normalized spacial score (nSPS) is 17.5. The lowest BCUT2D eigenvalue weighted by molar-refractivity contribution is -0.126. The first-order chi connectivity index (χ1) is 17.9. The Bertz CT molecular complexity index is 1600. The van der Waals surface area contributed by atoms with Crippen LogP contribution in [0.2, 0.25) is 0 Å². The van der Waals surface area contributed by atoms with Crippen molar-refractivity contribution in [3.63, 3.8) is 0 Å². The molecular weight excluding hydrogens is 488 g/mol. The van der Waals surface area contributed by atoms with Gasteiger partial charge >= 0.3 is 5.69 Å². The Morgan fingerprint density at radius 1 is 1.08 bits per heavy atom. The van der Waals surface area contributed by atoms with Crippen LogP contribution < -0.4 is 22.0 Å². The molecule has 4 aromatic rings. The van der Waals surface area contributed by atoms with E-state index in [-0.39, 0.29) is 5.91 Å². The van der Waals surface area contributed by atoms with E-state index in [0.717, 1.165) is 21.9 Å². The second-order valence-corrected chi connectivity index (χ2v) is 10.1. The van der Waals surface area contributed by atoms with Crippen molar-refractivity contribution in [1.29, 1.82) is 5.41 Å². The Morgan fingerprint density at radius 2 is 1.70 bits per heavy atom. The van der Waals surface area contributed by atoms with Gasteiger partial charge in [0.25, 0.3) is 5.56 Å². The lowest BCUT2D eigenvalue weighted by Gasteiger charge is -2.27. The molecule has 2 aromatic heterocycles. The molecule has 1 saturated heterocycles. The number of thiophene rings is 1. The number of carbonyl (C=O) groups excluding carboxylic acids is 1. The van der Waals surface area contributed by atoms with Crippen molar-refractivity contribution in [2.75, 3.05) is 12.0 Å². The fourth-order valence-electron chi connectivity index (χ4n) is 4.91. The third kappa shape index (κ3) is 3.99. The molecule has 0 aliphatic carbocycles. The molecule has 1 amide bonds. The predicted molar refractivity (Wildman–Crippen MR) is 147 cm³/mol. The minimum atomic E-state index is -1.32. The zero-order valence-electron chi connectivity index (χ0n) is 20.4. The summed E-state index contributed by atoms with van der Waals surface area (Å²) in [6.07, 6.45) is 2.65. The highest BCUT2D eigenvalue weighted by Crippen LogP contribution is 2.37. The van der Waals surface area contributed by atoms with Crippen LogP contribution in [0.4, 0.5) is 5.00 Å². The van der Waals surface area contributed by atoms with Gasteiger partial charge < -0.3 is 10.7 Å². The summed E-state index contributed by atoms with van der Waals surface area (Å²) in [5.41, 5.74) is 2.88.